The van der Waals surface area contributed by atoms with Gasteiger partial charge in [0.25, 0.3) is 0 Å². The minimum Gasteiger partial charge on any atom is -0.454 e. The zero-order valence-electron chi connectivity index (χ0n) is 12.9. The second kappa shape index (κ2) is 5.59. The molecule has 0 radical (unpaired) electrons. The van der Waals surface area contributed by atoms with Crippen molar-refractivity contribution in [1.29, 1.82) is 0 Å². The number of hydrogen-bond donors (Lipinski definition) is 1. The normalized spacial score (nSPS) is 12.4. The van der Waals surface area contributed by atoms with Crippen molar-refractivity contribution in [3.05, 3.63) is 53.0 Å². The van der Waals surface area contributed by atoms with Crippen LogP contribution in [0.3, 0.4) is 0 Å². The topological polar surface area (TPSA) is 43.4 Å². The van der Waals surface area contributed by atoms with Gasteiger partial charge in [0.15, 0.2) is 16.6 Å². The molecule has 4 nitrogen and oxygen atoms in total. The lowest BCUT2D eigenvalue weighted by atomic mass is 9.98. The van der Waals surface area contributed by atoms with Crippen LogP contribution in [0.4, 0.5) is 10.8 Å². The maximum atomic E-state index is 5.73. The molecule has 0 fully saturated rings. The van der Waals surface area contributed by atoms with Gasteiger partial charge >= 0.3 is 0 Å². The molecule has 0 saturated heterocycles. The van der Waals surface area contributed by atoms with E-state index >= 15 is 0 Å². The smallest absolute Gasteiger partial charge is 0.231 e. The Labute approximate surface area is 138 Å². The quantitative estimate of drug-likeness (QED) is 0.744. The lowest BCUT2D eigenvalue weighted by Crippen LogP contribution is -1.96. The first-order valence-electron chi connectivity index (χ1n) is 7.39. The third-order valence-electron chi connectivity index (χ3n) is 4.01. The van der Waals surface area contributed by atoms with Crippen LogP contribution in [0.2, 0.25) is 0 Å². The monoisotopic (exact) mass is 324 g/mol. The largest absolute Gasteiger partial charge is 0.454 e. The molecule has 2 aromatic carbocycles. The zero-order chi connectivity index (χ0) is 15.8. The van der Waals surface area contributed by atoms with E-state index in [1.807, 2.05) is 17.5 Å². The number of nitrogens with one attached hydrogen (secondary N) is 1. The van der Waals surface area contributed by atoms with Crippen LogP contribution < -0.4 is 14.8 Å². The predicted molar refractivity (Wildman–Crippen MR) is 92.9 cm³/mol. The maximum Gasteiger partial charge on any atom is 0.231 e. The van der Waals surface area contributed by atoms with Crippen molar-refractivity contribution in [3.8, 4) is 22.6 Å². The molecule has 0 bridgehead atoms. The van der Waals surface area contributed by atoms with Crippen LogP contribution in [-0.4, -0.2) is 11.8 Å². The first-order valence-corrected chi connectivity index (χ1v) is 8.27. The highest BCUT2D eigenvalue weighted by molar-refractivity contribution is 7.13. The average molecular weight is 324 g/mol. The number of fused-ring (bicyclic) bond motifs is 1. The molecule has 0 unspecified atom stereocenters. The van der Waals surface area contributed by atoms with Crippen molar-refractivity contribution >= 4 is 22.2 Å². The second-order valence-electron chi connectivity index (χ2n) is 5.48. The predicted octanol–water partition coefficient (Wildman–Crippen LogP) is 4.90. The minimum atomic E-state index is 0.258. The Hall–Kier alpha value is -2.53. The highest BCUT2D eigenvalue weighted by atomic mass is 32.1. The molecule has 0 atom stereocenters. The molecular weight excluding hydrogens is 308 g/mol. The Kier molecular flexibility index (Phi) is 3.42. The van der Waals surface area contributed by atoms with Crippen molar-refractivity contribution in [3.63, 3.8) is 0 Å². The summed E-state index contributed by atoms with van der Waals surface area (Å²) in [6.45, 7) is 4.49. The summed E-state index contributed by atoms with van der Waals surface area (Å²) in [5.74, 6) is 1.57. The number of anilines is 2. The SMILES string of the molecule is Cc1ccc(-c2c(Nc3nccs3)ccc3c2OCO3)cc1C. The maximum absolute atomic E-state index is 5.73. The summed E-state index contributed by atoms with van der Waals surface area (Å²) in [5, 5.41) is 6.19. The summed E-state index contributed by atoms with van der Waals surface area (Å²) in [6.07, 6.45) is 1.79. The Balaban J connectivity index is 1.88. The average Bonchev–Trinajstić information content (AvgIpc) is 3.21. The van der Waals surface area contributed by atoms with Gasteiger partial charge in [-0.1, -0.05) is 18.2 Å². The highest BCUT2D eigenvalue weighted by Crippen LogP contribution is 2.46. The molecule has 3 aromatic rings. The van der Waals surface area contributed by atoms with Gasteiger partial charge in [0.05, 0.1) is 11.3 Å². The Morgan fingerprint density at radius 3 is 2.78 bits per heavy atom. The van der Waals surface area contributed by atoms with E-state index in [0.717, 1.165) is 33.4 Å². The van der Waals surface area contributed by atoms with Crippen LogP contribution in [0, 0.1) is 13.8 Å². The Bertz CT molecular complexity index is 860. The van der Waals surface area contributed by atoms with Gasteiger partial charge in [-0.15, -0.1) is 11.3 Å². The molecule has 1 aliphatic heterocycles. The standard InChI is InChI=1S/C18H16N2O2S/c1-11-3-4-13(9-12(11)2)16-14(20-18-19-7-8-23-18)5-6-15-17(16)22-10-21-15/h3-9H,10H2,1-2H3,(H,19,20). The van der Waals surface area contributed by atoms with Crippen molar-refractivity contribution in [2.75, 3.05) is 12.1 Å². The first kappa shape index (κ1) is 14.1. The molecule has 23 heavy (non-hydrogen) atoms. The van der Waals surface area contributed by atoms with Crippen LogP contribution in [0.15, 0.2) is 41.9 Å². The number of rotatable bonds is 3. The van der Waals surface area contributed by atoms with Crippen molar-refractivity contribution in [2.24, 2.45) is 0 Å². The van der Waals surface area contributed by atoms with Gasteiger partial charge in [0.1, 0.15) is 0 Å². The number of thiazole rings is 1. The fraction of sp³-hybridized carbons (Fsp3) is 0.167. The number of aryl methyl sites for hydroxylation is 2. The molecule has 1 N–H and O–H groups in total. The summed E-state index contributed by atoms with van der Waals surface area (Å²) in [7, 11) is 0. The molecule has 5 heteroatoms. The molecule has 0 spiro atoms. The van der Waals surface area contributed by atoms with Crippen LogP contribution in [0.5, 0.6) is 11.5 Å². The molecule has 116 valence electrons. The number of nitrogens with zero attached hydrogens (tertiary/aromatic N) is 1. The van der Waals surface area contributed by atoms with Gasteiger partial charge < -0.3 is 14.8 Å². The van der Waals surface area contributed by atoms with Gasteiger partial charge in [-0.2, -0.15) is 0 Å². The summed E-state index contributed by atoms with van der Waals surface area (Å²) in [4.78, 5) is 4.31. The van der Waals surface area contributed by atoms with E-state index in [9.17, 15) is 0 Å². The van der Waals surface area contributed by atoms with E-state index in [-0.39, 0.29) is 6.79 Å². The molecule has 4 rings (SSSR count). The summed E-state index contributed by atoms with van der Waals surface area (Å²) >= 11 is 1.57. The molecule has 1 aliphatic rings. The molecule has 2 heterocycles. The first-order chi connectivity index (χ1) is 11.2. The van der Waals surface area contributed by atoms with E-state index in [2.05, 4.69) is 42.3 Å². The highest BCUT2D eigenvalue weighted by Gasteiger charge is 2.22. The zero-order valence-corrected chi connectivity index (χ0v) is 13.7. The second-order valence-corrected chi connectivity index (χ2v) is 6.38. The van der Waals surface area contributed by atoms with Gasteiger partial charge in [-0.05, 0) is 42.7 Å². The molecular formula is C18H16N2O2S. The summed E-state index contributed by atoms with van der Waals surface area (Å²) < 4.78 is 11.3. The molecule has 0 saturated carbocycles. The van der Waals surface area contributed by atoms with E-state index in [4.69, 9.17) is 9.47 Å². The van der Waals surface area contributed by atoms with E-state index < -0.39 is 0 Å². The number of aromatic nitrogens is 1. The van der Waals surface area contributed by atoms with Gasteiger partial charge in [0.2, 0.25) is 6.79 Å². The van der Waals surface area contributed by atoms with E-state index in [1.54, 1.807) is 17.5 Å². The fourth-order valence-corrected chi connectivity index (χ4v) is 3.20. The number of ether oxygens (including phenoxy) is 2. The number of hydrogen-bond acceptors (Lipinski definition) is 5. The summed E-state index contributed by atoms with van der Waals surface area (Å²) in [6, 6.07) is 10.4. The van der Waals surface area contributed by atoms with Crippen LogP contribution in [-0.2, 0) is 0 Å². The lowest BCUT2D eigenvalue weighted by Gasteiger charge is -2.14. The van der Waals surface area contributed by atoms with Crippen molar-refractivity contribution in [1.82, 2.24) is 4.98 Å². The van der Waals surface area contributed by atoms with Crippen LogP contribution >= 0.6 is 11.3 Å². The lowest BCUT2D eigenvalue weighted by molar-refractivity contribution is 0.174. The van der Waals surface area contributed by atoms with Crippen molar-refractivity contribution in [2.45, 2.75) is 13.8 Å². The van der Waals surface area contributed by atoms with Crippen LogP contribution in [0.25, 0.3) is 11.1 Å². The van der Waals surface area contributed by atoms with Gasteiger partial charge in [-0.25, -0.2) is 4.98 Å². The van der Waals surface area contributed by atoms with Crippen LogP contribution in [0.1, 0.15) is 11.1 Å². The van der Waals surface area contributed by atoms with Gasteiger partial charge in [-0.3, -0.25) is 0 Å². The van der Waals surface area contributed by atoms with E-state index in [1.165, 1.54) is 11.1 Å². The fourth-order valence-electron chi connectivity index (χ4n) is 2.66. The summed E-state index contributed by atoms with van der Waals surface area (Å²) in [5.41, 5.74) is 5.60. The number of benzene rings is 2. The minimum absolute atomic E-state index is 0.258. The third-order valence-corrected chi connectivity index (χ3v) is 4.70. The van der Waals surface area contributed by atoms with Crippen molar-refractivity contribution < 1.29 is 9.47 Å². The molecule has 1 aromatic heterocycles. The Morgan fingerprint density at radius 1 is 1.09 bits per heavy atom. The van der Waals surface area contributed by atoms with Gasteiger partial charge in [0, 0.05) is 11.6 Å². The van der Waals surface area contributed by atoms with E-state index in [0.29, 0.717) is 0 Å². The third kappa shape index (κ3) is 2.53. The molecule has 0 amide bonds. The molecule has 0 aliphatic carbocycles. The Morgan fingerprint density at radius 2 is 2.00 bits per heavy atom.